The lowest BCUT2D eigenvalue weighted by atomic mass is 9.83. The summed E-state index contributed by atoms with van der Waals surface area (Å²) >= 11 is 0. The summed E-state index contributed by atoms with van der Waals surface area (Å²) in [4.78, 5) is 24.6. The highest BCUT2D eigenvalue weighted by Gasteiger charge is 2.29. The maximum absolute atomic E-state index is 11.5. The molecular formula is C13H20BNO4. The first kappa shape index (κ1) is 14.1. The Bertz CT molecular complexity index is 346. The number of likely N-dealkylation sites (N-methyl/N-ethyl adjacent to an activating group) is 1. The molecular weight excluding hydrogens is 245 g/mol. The third kappa shape index (κ3) is 4.71. The molecule has 2 fully saturated rings. The van der Waals surface area contributed by atoms with Crippen LogP contribution in [0, 0.1) is 5.92 Å². The van der Waals surface area contributed by atoms with E-state index in [4.69, 9.17) is 9.31 Å². The summed E-state index contributed by atoms with van der Waals surface area (Å²) in [5, 5.41) is 0. The molecule has 0 spiro atoms. The molecule has 5 nitrogen and oxygen atoms in total. The summed E-state index contributed by atoms with van der Waals surface area (Å²) in [6, 6.07) is 0. The van der Waals surface area contributed by atoms with E-state index in [1.807, 2.05) is 6.08 Å². The van der Waals surface area contributed by atoms with Crippen LogP contribution in [0.25, 0.3) is 0 Å². The quantitative estimate of drug-likeness (QED) is 0.702. The maximum atomic E-state index is 11.5. The second-order valence-corrected chi connectivity index (χ2v) is 5.30. The molecule has 0 aromatic carbocycles. The number of rotatable bonds is 2. The first-order valence-corrected chi connectivity index (χ1v) is 6.89. The monoisotopic (exact) mass is 265 g/mol. The lowest BCUT2D eigenvalue weighted by Crippen LogP contribution is -2.41. The number of carbonyl (C=O) groups excluding carboxylic acids is 2. The first-order chi connectivity index (χ1) is 9.13. The molecule has 0 N–H and O–H groups in total. The van der Waals surface area contributed by atoms with Crippen LogP contribution >= 0.6 is 0 Å². The Kier molecular flexibility index (Phi) is 5.02. The van der Waals surface area contributed by atoms with Crippen molar-refractivity contribution in [3.05, 3.63) is 12.1 Å². The molecule has 0 bridgehead atoms. The van der Waals surface area contributed by atoms with E-state index in [1.165, 1.54) is 19.3 Å². The fraction of sp³-hybridized carbons (Fsp3) is 0.692. The average molecular weight is 265 g/mol. The van der Waals surface area contributed by atoms with Crippen molar-refractivity contribution in [1.82, 2.24) is 4.90 Å². The molecule has 1 saturated heterocycles. The Balaban J connectivity index is 1.91. The van der Waals surface area contributed by atoms with Crippen LogP contribution < -0.4 is 0 Å². The second-order valence-electron chi connectivity index (χ2n) is 5.30. The number of hydrogen-bond donors (Lipinski definition) is 0. The van der Waals surface area contributed by atoms with Crippen molar-refractivity contribution in [2.24, 2.45) is 5.92 Å². The van der Waals surface area contributed by atoms with Gasteiger partial charge in [-0.05, 0) is 31.8 Å². The standard InChI is InChI=1S/C13H20BNO4/c1-15-9-12(16)18-14(19-13(17)10-15)8-7-11-5-3-2-4-6-11/h7-8,11H,2-6,9-10H2,1H3/b8-7+. The zero-order valence-electron chi connectivity index (χ0n) is 11.3. The van der Waals surface area contributed by atoms with Gasteiger partial charge in [0.15, 0.2) is 0 Å². The molecule has 0 amide bonds. The third-order valence-corrected chi connectivity index (χ3v) is 3.48. The van der Waals surface area contributed by atoms with Gasteiger partial charge in [-0.1, -0.05) is 25.3 Å². The first-order valence-electron chi connectivity index (χ1n) is 6.89. The lowest BCUT2D eigenvalue weighted by Gasteiger charge is -2.22. The summed E-state index contributed by atoms with van der Waals surface area (Å²) in [5.74, 6) is 1.48. The van der Waals surface area contributed by atoms with Gasteiger partial charge in [0.05, 0.1) is 13.1 Å². The van der Waals surface area contributed by atoms with Gasteiger partial charge in [0, 0.05) is 0 Å². The Morgan fingerprint density at radius 2 is 1.68 bits per heavy atom. The molecule has 2 aliphatic rings. The van der Waals surface area contributed by atoms with Crippen molar-refractivity contribution in [2.45, 2.75) is 32.1 Å². The fourth-order valence-electron chi connectivity index (χ4n) is 2.51. The van der Waals surface area contributed by atoms with Crippen LogP contribution in [0.15, 0.2) is 12.1 Å². The predicted molar refractivity (Wildman–Crippen MR) is 71.2 cm³/mol. The highest BCUT2D eigenvalue weighted by Crippen LogP contribution is 2.24. The van der Waals surface area contributed by atoms with Crippen LogP contribution in [0.4, 0.5) is 0 Å². The molecule has 1 saturated carbocycles. The summed E-state index contributed by atoms with van der Waals surface area (Å²) in [6.07, 6.45) is 8.12. The Hall–Kier alpha value is -1.30. The fourth-order valence-corrected chi connectivity index (χ4v) is 2.51. The van der Waals surface area contributed by atoms with Gasteiger partial charge < -0.3 is 9.31 Å². The molecule has 1 aliphatic carbocycles. The predicted octanol–water partition coefficient (Wildman–Crippen LogP) is 1.18. The molecule has 0 aromatic rings. The van der Waals surface area contributed by atoms with E-state index in [1.54, 1.807) is 17.9 Å². The van der Waals surface area contributed by atoms with Gasteiger partial charge in [0.2, 0.25) is 0 Å². The zero-order chi connectivity index (χ0) is 13.7. The van der Waals surface area contributed by atoms with E-state index in [2.05, 4.69) is 0 Å². The smallest absolute Gasteiger partial charge is 0.495 e. The molecule has 19 heavy (non-hydrogen) atoms. The normalized spacial score (nSPS) is 23.9. The van der Waals surface area contributed by atoms with Crippen LogP contribution in [0.5, 0.6) is 0 Å². The van der Waals surface area contributed by atoms with E-state index in [0.29, 0.717) is 5.92 Å². The molecule has 2 rings (SSSR count). The van der Waals surface area contributed by atoms with E-state index in [9.17, 15) is 9.59 Å². The van der Waals surface area contributed by atoms with Crippen LogP contribution in [0.1, 0.15) is 32.1 Å². The Labute approximate surface area is 114 Å². The SMILES string of the molecule is CN1CC(=O)OB(/C=C/C2CCCCC2)OC(=O)C1. The van der Waals surface area contributed by atoms with Gasteiger partial charge in [0.25, 0.3) is 0 Å². The van der Waals surface area contributed by atoms with E-state index in [-0.39, 0.29) is 25.0 Å². The third-order valence-electron chi connectivity index (χ3n) is 3.48. The summed E-state index contributed by atoms with van der Waals surface area (Å²) in [7, 11) is 0.816. The van der Waals surface area contributed by atoms with Crippen molar-refractivity contribution >= 4 is 19.1 Å². The minimum absolute atomic E-state index is 0.114. The summed E-state index contributed by atoms with van der Waals surface area (Å²) in [6.45, 7) is 0.228. The van der Waals surface area contributed by atoms with Gasteiger partial charge in [-0.15, -0.1) is 0 Å². The molecule has 0 atom stereocenters. The van der Waals surface area contributed by atoms with Crippen molar-refractivity contribution < 1.29 is 18.9 Å². The number of allylic oxidation sites excluding steroid dienone is 1. The molecule has 0 aromatic heterocycles. The van der Waals surface area contributed by atoms with Gasteiger partial charge in [-0.25, -0.2) is 0 Å². The van der Waals surface area contributed by atoms with E-state index >= 15 is 0 Å². The zero-order valence-corrected chi connectivity index (χ0v) is 11.3. The van der Waals surface area contributed by atoms with Crippen molar-refractivity contribution in [3.63, 3.8) is 0 Å². The number of hydrogen-bond acceptors (Lipinski definition) is 5. The van der Waals surface area contributed by atoms with Crippen LogP contribution in [0.2, 0.25) is 0 Å². The topological polar surface area (TPSA) is 55.8 Å². The Morgan fingerprint density at radius 1 is 1.11 bits per heavy atom. The highest BCUT2D eigenvalue weighted by molar-refractivity contribution is 6.54. The molecule has 1 heterocycles. The molecule has 0 radical (unpaired) electrons. The summed E-state index contributed by atoms with van der Waals surface area (Å²) < 4.78 is 10.2. The van der Waals surface area contributed by atoms with Gasteiger partial charge in [0.1, 0.15) is 0 Å². The molecule has 1 aliphatic heterocycles. The maximum Gasteiger partial charge on any atom is 0.628 e. The van der Waals surface area contributed by atoms with Crippen LogP contribution in [-0.2, 0) is 18.9 Å². The Morgan fingerprint density at radius 3 is 2.26 bits per heavy atom. The van der Waals surface area contributed by atoms with Crippen LogP contribution in [0.3, 0.4) is 0 Å². The minimum Gasteiger partial charge on any atom is -0.495 e. The molecule has 6 heteroatoms. The van der Waals surface area contributed by atoms with Crippen molar-refractivity contribution in [3.8, 4) is 0 Å². The summed E-state index contributed by atoms with van der Waals surface area (Å²) in [5.41, 5.74) is 0. The average Bonchev–Trinajstić information content (AvgIpc) is 2.35. The molecule has 0 unspecified atom stereocenters. The van der Waals surface area contributed by atoms with Crippen molar-refractivity contribution in [1.29, 1.82) is 0 Å². The van der Waals surface area contributed by atoms with Gasteiger partial charge in [-0.3, -0.25) is 14.5 Å². The van der Waals surface area contributed by atoms with Gasteiger partial charge >= 0.3 is 19.1 Å². The molecule has 104 valence electrons. The van der Waals surface area contributed by atoms with E-state index < -0.39 is 7.12 Å². The van der Waals surface area contributed by atoms with Crippen LogP contribution in [-0.4, -0.2) is 44.1 Å². The van der Waals surface area contributed by atoms with Crippen molar-refractivity contribution in [2.75, 3.05) is 20.1 Å². The highest BCUT2D eigenvalue weighted by atomic mass is 16.6. The number of nitrogens with zero attached hydrogens (tertiary/aromatic N) is 1. The lowest BCUT2D eigenvalue weighted by molar-refractivity contribution is -0.145. The minimum atomic E-state index is -0.865. The largest absolute Gasteiger partial charge is 0.628 e. The second kappa shape index (κ2) is 6.75. The van der Waals surface area contributed by atoms with E-state index in [0.717, 1.165) is 12.8 Å². The van der Waals surface area contributed by atoms with Gasteiger partial charge in [-0.2, -0.15) is 0 Å². The number of carbonyl (C=O) groups is 2.